The number of nitrogens with zero attached hydrogens (tertiary/aromatic N) is 1. The van der Waals surface area contributed by atoms with Gasteiger partial charge in [0.25, 0.3) is 5.91 Å². The summed E-state index contributed by atoms with van der Waals surface area (Å²) in [7, 11) is 0. The first-order valence-corrected chi connectivity index (χ1v) is 8.33. The van der Waals surface area contributed by atoms with Gasteiger partial charge in [0.1, 0.15) is 5.75 Å². The van der Waals surface area contributed by atoms with Crippen LogP contribution in [-0.2, 0) is 4.79 Å². The van der Waals surface area contributed by atoms with Crippen LogP contribution in [0.3, 0.4) is 0 Å². The fraction of sp³-hybridized carbons (Fsp3) is 0.111. The number of hydrogen-bond acceptors (Lipinski definition) is 5. The molecule has 6 heteroatoms. The molecule has 0 spiro atoms. The summed E-state index contributed by atoms with van der Waals surface area (Å²) in [5, 5.41) is 3.46. The van der Waals surface area contributed by atoms with Crippen molar-refractivity contribution in [3.05, 3.63) is 59.0 Å². The molecule has 5 nitrogen and oxygen atoms in total. The zero-order valence-electron chi connectivity index (χ0n) is 12.9. The topological polar surface area (TPSA) is 77.2 Å². The van der Waals surface area contributed by atoms with Crippen LogP contribution in [0.1, 0.15) is 16.5 Å². The highest BCUT2D eigenvalue weighted by Crippen LogP contribution is 2.39. The molecular formula is C18H15N3O2S. The van der Waals surface area contributed by atoms with Crippen LogP contribution in [-0.4, -0.2) is 10.9 Å². The summed E-state index contributed by atoms with van der Waals surface area (Å²) in [5.41, 5.74) is 8.98. The molecule has 1 unspecified atom stereocenters. The van der Waals surface area contributed by atoms with Gasteiger partial charge in [-0.1, -0.05) is 30.3 Å². The van der Waals surface area contributed by atoms with Crippen molar-refractivity contribution in [2.45, 2.75) is 13.0 Å². The van der Waals surface area contributed by atoms with E-state index >= 15 is 0 Å². The lowest BCUT2D eigenvalue weighted by Gasteiger charge is -2.26. The summed E-state index contributed by atoms with van der Waals surface area (Å²) in [6, 6.07) is 15.1. The first kappa shape index (κ1) is 14.7. The zero-order valence-corrected chi connectivity index (χ0v) is 13.8. The Balaban J connectivity index is 1.69. The van der Waals surface area contributed by atoms with Crippen LogP contribution < -0.4 is 15.8 Å². The molecule has 0 bridgehead atoms. The van der Waals surface area contributed by atoms with Gasteiger partial charge in [-0.2, -0.15) is 0 Å². The highest BCUT2D eigenvalue weighted by Gasteiger charge is 2.29. The predicted molar refractivity (Wildman–Crippen MR) is 95.1 cm³/mol. The van der Waals surface area contributed by atoms with Gasteiger partial charge in [0.2, 0.25) is 6.10 Å². The van der Waals surface area contributed by atoms with Crippen molar-refractivity contribution in [1.82, 2.24) is 4.98 Å². The molecule has 1 atom stereocenters. The van der Waals surface area contributed by atoms with Gasteiger partial charge in [-0.3, -0.25) is 4.79 Å². The van der Waals surface area contributed by atoms with Crippen LogP contribution in [0, 0.1) is 6.92 Å². The lowest BCUT2D eigenvalue weighted by atomic mass is 10.1. The predicted octanol–water partition coefficient (Wildman–Crippen LogP) is 3.77. The lowest BCUT2D eigenvalue weighted by molar-refractivity contribution is -0.123. The van der Waals surface area contributed by atoms with Crippen molar-refractivity contribution >= 4 is 28.1 Å². The van der Waals surface area contributed by atoms with Gasteiger partial charge in [-0.25, -0.2) is 4.98 Å². The number of carbonyl (C=O) groups excluding carboxylic acids is 1. The Morgan fingerprint density at radius 2 is 2.00 bits per heavy atom. The number of aryl methyl sites for hydroxylation is 1. The van der Waals surface area contributed by atoms with Crippen molar-refractivity contribution in [2.75, 3.05) is 11.1 Å². The van der Waals surface area contributed by atoms with Crippen LogP contribution in [0.25, 0.3) is 11.3 Å². The summed E-state index contributed by atoms with van der Waals surface area (Å²) in [4.78, 5) is 17.8. The molecule has 0 radical (unpaired) electrons. The lowest BCUT2D eigenvalue weighted by Crippen LogP contribution is -2.30. The monoisotopic (exact) mass is 337 g/mol. The maximum absolute atomic E-state index is 12.4. The number of ether oxygens (including phenoxy) is 1. The van der Waals surface area contributed by atoms with E-state index in [0.29, 0.717) is 16.6 Å². The minimum atomic E-state index is -0.638. The molecule has 1 aliphatic rings. The third-order valence-electron chi connectivity index (χ3n) is 3.91. The fourth-order valence-electron chi connectivity index (χ4n) is 2.79. The molecule has 0 aliphatic carbocycles. The second-order valence-electron chi connectivity index (χ2n) is 5.57. The number of benzene rings is 2. The first-order valence-electron chi connectivity index (χ1n) is 7.51. The smallest absolute Gasteiger partial charge is 0.270 e. The first-order chi connectivity index (χ1) is 11.6. The maximum atomic E-state index is 12.4. The number of nitrogens with two attached hydrogens (primary N) is 1. The van der Waals surface area contributed by atoms with E-state index in [2.05, 4.69) is 10.3 Å². The van der Waals surface area contributed by atoms with E-state index < -0.39 is 6.10 Å². The average molecular weight is 337 g/mol. The highest BCUT2D eigenvalue weighted by atomic mass is 32.1. The number of rotatable bonds is 2. The Hall–Kier alpha value is -2.86. The summed E-state index contributed by atoms with van der Waals surface area (Å²) >= 11 is 1.45. The Morgan fingerprint density at radius 1 is 1.21 bits per heavy atom. The van der Waals surface area contributed by atoms with Crippen molar-refractivity contribution in [2.24, 2.45) is 0 Å². The molecule has 3 N–H and O–H groups in total. The van der Waals surface area contributed by atoms with E-state index in [1.54, 1.807) is 0 Å². The number of hydrogen-bond donors (Lipinski definition) is 2. The summed E-state index contributed by atoms with van der Waals surface area (Å²) < 4.78 is 5.90. The minimum absolute atomic E-state index is 0.180. The molecule has 2 heterocycles. The molecule has 1 aromatic heterocycles. The summed E-state index contributed by atoms with van der Waals surface area (Å²) in [6.45, 7) is 1.98. The van der Waals surface area contributed by atoms with E-state index in [1.165, 1.54) is 11.3 Å². The van der Waals surface area contributed by atoms with Crippen LogP contribution in [0.5, 0.6) is 5.75 Å². The summed E-state index contributed by atoms with van der Waals surface area (Å²) in [5.74, 6) is 0.466. The van der Waals surface area contributed by atoms with E-state index in [-0.39, 0.29) is 5.91 Å². The van der Waals surface area contributed by atoms with Gasteiger partial charge in [0.15, 0.2) is 5.13 Å². The molecule has 0 fully saturated rings. The number of thiazole rings is 1. The Bertz CT molecular complexity index is 921. The number of nitrogen functional groups attached to an aromatic ring is 1. The average Bonchev–Trinajstić information content (AvgIpc) is 2.93. The zero-order chi connectivity index (χ0) is 16.7. The molecular weight excluding hydrogens is 322 g/mol. The highest BCUT2D eigenvalue weighted by molar-refractivity contribution is 7.15. The number of aromatic nitrogens is 1. The normalized spacial score (nSPS) is 16.2. The van der Waals surface area contributed by atoms with Crippen LogP contribution in [0.4, 0.5) is 10.8 Å². The molecule has 3 aromatic rings. The molecule has 1 aliphatic heterocycles. The number of anilines is 2. The van der Waals surface area contributed by atoms with Crippen molar-refractivity contribution in [1.29, 1.82) is 0 Å². The van der Waals surface area contributed by atoms with Crippen LogP contribution in [0.15, 0.2) is 48.5 Å². The second-order valence-corrected chi connectivity index (χ2v) is 6.80. The van der Waals surface area contributed by atoms with E-state index in [1.807, 2.05) is 55.5 Å². The molecule has 0 saturated heterocycles. The van der Waals surface area contributed by atoms with Gasteiger partial charge in [0.05, 0.1) is 11.4 Å². The molecule has 4 rings (SSSR count). The molecule has 120 valence electrons. The van der Waals surface area contributed by atoms with Gasteiger partial charge in [-0.15, -0.1) is 11.3 Å². The third kappa shape index (κ3) is 2.51. The number of carbonyl (C=O) groups is 1. The Kier molecular flexibility index (Phi) is 3.46. The van der Waals surface area contributed by atoms with E-state index in [9.17, 15) is 4.79 Å². The third-order valence-corrected chi connectivity index (χ3v) is 4.71. The quantitative estimate of drug-likeness (QED) is 0.746. The minimum Gasteiger partial charge on any atom is -0.474 e. The van der Waals surface area contributed by atoms with Crippen molar-refractivity contribution < 1.29 is 9.53 Å². The van der Waals surface area contributed by atoms with Gasteiger partial charge in [0, 0.05) is 16.0 Å². The number of fused-ring (bicyclic) bond motifs is 1. The van der Waals surface area contributed by atoms with Crippen molar-refractivity contribution in [3.8, 4) is 17.0 Å². The fourth-order valence-corrected chi connectivity index (χ4v) is 3.50. The largest absolute Gasteiger partial charge is 0.474 e. The molecule has 2 aromatic carbocycles. The van der Waals surface area contributed by atoms with Crippen LogP contribution in [0.2, 0.25) is 0 Å². The summed E-state index contributed by atoms with van der Waals surface area (Å²) in [6.07, 6.45) is -0.638. The van der Waals surface area contributed by atoms with Gasteiger partial charge >= 0.3 is 0 Å². The molecule has 0 saturated carbocycles. The van der Waals surface area contributed by atoms with Crippen LogP contribution >= 0.6 is 11.3 Å². The second kappa shape index (κ2) is 5.65. The maximum Gasteiger partial charge on any atom is 0.270 e. The van der Waals surface area contributed by atoms with E-state index in [0.717, 1.165) is 21.7 Å². The van der Waals surface area contributed by atoms with Gasteiger partial charge in [-0.05, 0) is 25.1 Å². The molecule has 24 heavy (non-hydrogen) atoms. The van der Waals surface area contributed by atoms with E-state index in [4.69, 9.17) is 10.5 Å². The number of amides is 1. The Morgan fingerprint density at radius 3 is 2.71 bits per heavy atom. The number of nitrogens with one attached hydrogen (secondary N) is 1. The molecule has 1 amide bonds. The van der Waals surface area contributed by atoms with Gasteiger partial charge < -0.3 is 15.8 Å². The Labute approximate surface area is 143 Å². The standard InChI is InChI=1S/C18H15N3O2S/c1-10-15(21-18(19)24-10)12-7-8-14-13(9-12)20-17(22)16(23-14)11-5-3-2-4-6-11/h2-9,16H,1H3,(H2,19,21)(H,20,22). The van der Waals surface area contributed by atoms with Crippen molar-refractivity contribution in [3.63, 3.8) is 0 Å². The SMILES string of the molecule is Cc1sc(N)nc1-c1ccc2c(c1)NC(=O)C(c1ccccc1)O2.